The quantitative estimate of drug-likeness (QED) is 0.199. The van der Waals surface area contributed by atoms with Crippen molar-refractivity contribution in [3.63, 3.8) is 0 Å². The Balaban J connectivity index is 1.97. The van der Waals surface area contributed by atoms with Gasteiger partial charge in [0.05, 0.1) is 5.41 Å². The third-order valence-electron chi connectivity index (χ3n) is 11.0. The van der Waals surface area contributed by atoms with Gasteiger partial charge in [0.1, 0.15) is 5.75 Å². The molecular formula is C42H74N2O2. The molecule has 1 aliphatic heterocycles. The van der Waals surface area contributed by atoms with Crippen molar-refractivity contribution in [2.75, 3.05) is 6.54 Å². The molecule has 1 saturated carbocycles. The number of hydrogen-bond acceptors (Lipinski definition) is 3. The average molecular weight is 639 g/mol. The lowest BCUT2D eigenvalue weighted by atomic mass is 9.65. The Hall–Kier alpha value is -1.55. The Bertz CT molecular complexity index is 1060. The van der Waals surface area contributed by atoms with E-state index in [1.54, 1.807) is 0 Å². The van der Waals surface area contributed by atoms with Gasteiger partial charge in [-0.1, -0.05) is 138 Å². The molecule has 4 nitrogen and oxygen atoms in total. The van der Waals surface area contributed by atoms with E-state index in [1.165, 1.54) is 64.2 Å². The molecule has 3 rings (SSSR count). The lowest BCUT2D eigenvalue weighted by Gasteiger charge is -2.52. The molecule has 1 heterocycles. The molecule has 1 aromatic rings. The third-order valence-corrected chi connectivity index (χ3v) is 11.0. The van der Waals surface area contributed by atoms with E-state index in [2.05, 4.69) is 98.5 Å². The number of carbonyl (C=O) groups is 1. The van der Waals surface area contributed by atoms with Crippen molar-refractivity contribution < 1.29 is 9.90 Å². The van der Waals surface area contributed by atoms with Gasteiger partial charge in [-0.25, -0.2) is 0 Å². The highest BCUT2D eigenvalue weighted by atomic mass is 16.3. The molecule has 0 spiro atoms. The van der Waals surface area contributed by atoms with E-state index in [0.717, 1.165) is 68.2 Å². The number of hydrogen-bond donors (Lipinski definition) is 2. The second kappa shape index (κ2) is 15.8. The minimum atomic E-state index is -0.538. The Morgan fingerprint density at radius 3 is 1.63 bits per heavy atom. The maximum Gasteiger partial charge on any atom is 0.233 e. The molecule has 1 saturated heterocycles. The molecular weight excluding hydrogens is 564 g/mol. The number of nitrogens with one attached hydrogen (secondary N) is 1. The van der Waals surface area contributed by atoms with Gasteiger partial charge in [0.25, 0.3) is 0 Å². The van der Waals surface area contributed by atoms with Crippen LogP contribution in [0.25, 0.3) is 0 Å². The molecule has 1 aromatic carbocycles. The van der Waals surface area contributed by atoms with Crippen LogP contribution in [-0.4, -0.2) is 39.6 Å². The molecule has 1 aliphatic carbocycles. The normalized spacial score (nSPS) is 20.1. The molecule has 0 unspecified atom stereocenters. The summed E-state index contributed by atoms with van der Waals surface area (Å²) in [5, 5.41) is 15.5. The van der Waals surface area contributed by atoms with Crippen molar-refractivity contribution in [3.8, 4) is 5.75 Å². The zero-order valence-corrected chi connectivity index (χ0v) is 32.3. The van der Waals surface area contributed by atoms with Crippen LogP contribution in [0.4, 0.5) is 0 Å². The number of rotatable bonds is 14. The van der Waals surface area contributed by atoms with Gasteiger partial charge in [0.2, 0.25) is 5.91 Å². The van der Waals surface area contributed by atoms with E-state index in [0.29, 0.717) is 11.7 Å². The summed E-state index contributed by atoms with van der Waals surface area (Å²) < 4.78 is 0. The molecule has 0 atom stereocenters. The number of nitrogens with zero attached hydrogens (tertiary/aromatic N) is 1. The molecule has 0 radical (unpaired) electrons. The number of carbonyl (C=O) groups excluding carboxylic acids is 1. The number of phenols is 1. The Morgan fingerprint density at radius 2 is 1.20 bits per heavy atom. The van der Waals surface area contributed by atoms with Gasteiger partial charge in [-0.2, -0.15) is 0 Å². The minimum absolute atomic E-state index is 0.0280. The van der Waals surface area contributed by atoms with Crippen LogP contribution in [0.2, 0.25) is 0 Å². The molecule has 46 heavy (non-hydrogen) atoms. The number of amides is 1. The summed E-state index contributed by atoms with van der Waals surface area (Å²) >= 11 is 0. The summed E-state index contributed by atoms with van der Waals surface area (Å²) in [5.74, 6) is 0.762. The summed E-state index contributed by atoms with van der Waals surface area (Å²) in [6, 6.07) is 4.67. The largest absolute Gasteiger partial charge is 0.507 e. The second-order valence-corrected chi connectivity index (χ2v) is 18.7. The Labute approximate surface area is 285 Å². The molecule has 4 heteroatoms. The highest BCUT2D eigenvalue weighted by molar-refractivity contribution is 5.89. The molecule has 2 fully saturated rings. The average Bonchev–Trinajstić information content (AvgIpc) is 2.93. The number of aromatic hydroxyl groups is 1. The predicted molar refractivity (Wildman–Crippen MR) is 198 cm³/mol. The summed E-state index contributed by atoms with van der Waals surface area (Å²) in [6.45, 7) is 25.5. The smallest absolute Gasteiger partial charge is 0.233 e. The zero-order chi connectivity index (χ0) is 34.4. The SMILES string of the molecule is CCCCCCCCCCCCN(C(=O)C1(c2cc(C(C)(C)C)c(O)c(C(C)(C)C)c2)CCCCC1)C1CC(C)(C)NC(C)(C)C1. The highest BCUT2D eigenvalue weighted by Gasteiger charge is 2.49. The number of benzene rings is 1. The lowest BCUT2D eigenvalue weighted by Crippen LogP contribution is -2.64. The van der Waals surface area contributed by atoms with Crippen molar-refractivity contribution in [2.24, 2.45) is 0 Å². The number of piperidine rings is 1. The van der Waals surface area contributed by atoms with Gasteiger partial charge < -0.3 is 15.3 Å². The van der Waals surface area contributed by atoms with Gasteiger partial charge in [0.15, 0.2) is 0 Å². The first-order chi connectivity index (χ1) is 21.3. The van der Waals surface area contributed by atoms with Crippen molar-refractivity contribution in [1.29, 1.82) is 0 Å². The Morgan fingerprint density at radius 1 is 0.761 bits per heavy atom. The molecule has 0 aromatic heterocycles. The van der Waals surface area contributed by atoms with Crippen LogP contribution in [-0.2, 0) is 21.0 Å². The van der Waals surface area contributed by atoms with Crippen LogP contribution in [0.15, 0.2) is 12.1 Å². The summed E-state index contributed by atoms with van der Waals surface area (Å²) in [5.41, 5.74) is 2.04. The standard InChI is InChI=1S/C42H74N2O2/c1-12-13-14-15-16-17-18-19-20-24-27-44(33-30-40(8,9)43-41(10,11)31-33)37(46)42(25-22-21-23-26-42)32-28-34(38(2,3)4)36(45)35(29-32)39(5,6)7/h28-29,33,43,45H,12-27,30-31H2,1-11H3. The van der Waals surface area contributed by atoms with Crippen molar-refractivity contribution in [1.82, 2.24) is 10.2 Å². The highest BCUT2D eigenvalue weighted by Crippen LogP contribution is 2.48. The topological polar surface area (TPSA) is 52.6 Å². The van der Waals surface area contributed by atoms with Gasteiger partial charge in [-0.15, -0.1) is 0 Å². The van der Waals surface area contributed by atoms with E-state index < -0.39 is 5.41 Å². The zero-order valence-electron chi connectivity index (χ0n) is 32.3. The lowest BCUT2D eigenvalue weighted by molar-refractivity contribution is -0.143. The van der Waals surface area contributed by atoms with Crippen molar-refractivity contribution >= 4 is 5.91 Å². The fourth-order valence-electron chi connectivity index (χ4n) is 8.82. The van der Waals surface area contributed by atoms with Crippen LogP contribution in [0.5, 0.6) is 5.75 Å². The van der Waals surface area contributed by atoms with E-state index in [4.69, 9.17) is 0 Å². The Kier molecular flexibility index (Phi) is 13.3. The van der Waals surface area contributed by atoms with Crippen LogP contribution in [0.1, 0.15) is 202 Å². The summed E-state index contributed by atoms with van der Waals surface area (Å²) in [7, 11) is 0. The van der Waals surface area contributed by atoms with Crippen molar-refractivity contribution in [2.45, 2.75) is 219 Å². The molecule has 2 N–H and O–H groups in total. The summed E-state index contributed by atoms with van der Waals surface area (Å²) in [4.78, 5) is 17.9. The van der Waals surface area contributed by atoms with E-state index >= 15 is 4.79 Å². The maximum absolute atomic E-state index is 15.5. The first kappa shape index (κ1) is 38.9. The molecule has 2 aliphatic rings. The van der Waals surface area contributed by atoms with E-state index in [1.807, 2.05) is 0 Å². The first-order valence-corrected chi connectivity index (χ1v) is 19.3. The van der Waals surface area contributed by atoms with Gasteiger partial charge in [-0.3, -0.25) is 4.79 Å². The molecule has 0 bridgehead atoms. The minimum Gasteiger partial charge on any atom is -0.507 e. The maximum atomic E-state index is 15.5. The van der Waals surface area contributed by atoms with Crippen LogP contribution < -0.4 is 5.32 Å². The summed E-state index contributed by atoms with van der Waals surface area (Å²) in [6.07, 6.45) is 20.1. The van der Waals surface area contributed by atoms with E-state index in [9.17, 15) is 5.11 Å². The fourth-order valence-corrected chi connectivity index (χ4v) is 8.82. The first-order valence-electron chi connectivity index (χ1n) is 19.3. The van der Waals surface area contributed by atoms with Crippen molar-refractivity contribution in [3.05, 3.63) is 28.8 Å². The third kappa shape index (κ3) is 10.2. The van der Waals surface area contributed by atoms with Crippen LogP contribution in [0.3, 0.4) is 0 Å². The number of phenolic OH excluding ortho intramolecular Hbond substituents is 1. The van der Waals surface area contributed by atoms with Gasteiger partial charge in [-0.05, 0) is 87.3 Å². The van der Waals surface area contributed by atoms with Gasteiger partial charge in [0, 0.05) is 23.7 Å². The van der Waals surface area contributed by atoms with Gasteiger partial charge >= 0.3 is 0 Å². The van der Waals surface area contributed by atoms with Crippen LogP contribution in [0, 0.1) is 0 Å². The molecule has 264 valence electrons. The molecule has 1 amide bonds. The predicted octanol–water partition coefficient (Wildman–Crippen LogP) is 11.2. The fraction of sp³-hybridized carbons (Fsp3) is 0.833. The van der Waals surface area contributed by atoms with E-state index in [-0.39, 0.29) is 27.9 Å². The number of unbranched alkanes of at least 4 members (excludes halogenated alkanes) is 9. The van der Waals surface area contributed by atoms with Crippen LogP contribution >= 0.6 is 0 Å². The second-order valence-electron chi connectivity index (χ2n) is 18.7. The monoisotopic (exact) mass is 639 g/mol.